The molecule has 0 amide bonds. The molecule has 1 saturated carbocycles. The molecule has 2 N–H and O–H groups in total. The maximum Gasteiger partial charge on any atom is 0.0161 e. The van der Waals surface area contributed by atoms with Crippen LogP contribution in [0.5, 0.6) is 0 Å². The van der Waals surface area contributed by atoms with Crippen LogP contribution in [0.2, 0.25) is 0 Å². The molecule has 0 aromatic rings. The second-order valence-corrected chi connectivity index (χ2v) is 6.66. The van der Waals surface area contributed by atoms with E-state index in [1.165, 1.54) is 32.2 Å². The summed E-state index contributed by atoms with van der Waals surface area (Å²) in [7, 11) is 0. The van der Waals surface area contributed by atoms with Crippen LogP contribution in [-0.2, 0) is 0 Å². The van der Waals surface area contributed by atoms with Gasteiger partial charge in [0.15, 0.2) is 0 Å². The van der Waals surface area contributed by atoms with Gasteiger partial charge in [0.2, 0.25) is 0 Å². The van der Waals surface area contributed by atoms with Gasteiger partial charge >= 0.3 is 0 Å². The van der Waals surface area contributed by atoms with Crippen LogP contribution in [0.1, 0.15) is 60.3 Å². The average molecular weight is 226 g/mol. The molecule has 0 saturated heterocycles. The molecular weight excluding hydrogens is 196 g/mol. The van der Waals surface area contributed by atoms with Gasteiger partial charge in [0, 0.05) is 18.1 Å². The Morgan fingerprint density at radius 1 is 1.19 bits per heavy atom. The van der Waals surface area contributed by atoms with E-state index in [4.69, 9.17) is 5.73 Å². The number of hydrogen-bond donors (Lipinski definition) is 1. The highest BCUT2D eigenvalue weighted by atomic mass is 15.2. The molecule has 1 aliphatic carbocycles. The quantitative estimate of drug-likeness (QED) is 0.723. The molecule has 0 aromatic heterocycles. The van der Waals surface area contributed by atoms with Gasteiger partial charge in [0.25, 0.3) is 0 Å². The van der Waals surface area contributed by atoms with Gasteiger partial charge in [-0.2, -0.15) is 0 Å². The first-order valence-electron chi connectivity index (χ1n) is 6.81. The van der Waals surface area contributed by atoms with Crippen molar-refractivity contribution in [1.82, 2.24) is 4.90 Å². The van der Waals surface area contributed by atoms with Gasteiger partial charge in [-0.1, -0.05) is 27.2 Å². The molecule has 16 heavy (non-hydrogen) atoms. The molecule has 1 fully saturated rings. The molecule has 0 spiro atoms. The molecule has 0 aliphatic heterocycles. The van der Waals surface area contributed by atoms with Crippen LogP contribution in [0.15, 0.2) is 0 Å². The summed E-state index contributed by atoms with van der Waals surface area (Å²) in [5, 5.41) is 0. The summed E-state index contributed by atoms with van der Waals surface area (Å²) in [4.78, 5) is 2.66. The smallest absolute Gasteiger partial charge is 0.0161 e. The van der Waals surface area contributed by atoms with Gasteiger partial charge < -0.3 is 5.73 Å². The molecule has 1 aliphatic rings. The van der Waals surface area contributed by atoms with Crippen molar-refractivity contribution in [3.8, 4) is 0 Å². The molecule has 0 unspecified atom stereocenters. The van der Waals surface area contributed by atoms with Crippen molar-refractivity contribution >= 4 is 0 Å². The van der Waals surface area contributed by atoms with Crippen molar-refractivity contribution in [2.24, 2.45) is 11.1 Å². The molecule has 0 radical (unpaired) electrons. The summed E-state index contributed by atoms with van der Waals surface area (Å²) in [5.41, 5.74) is 6.36. The lowest BCUT2D eigenvalue weighted by atomic mass is 9.75. The Labute approximate surface area is 102 Å². The maximum atomic E-state index is 6.28. The lowest BCUT2D eigenvalue weighted by Crippen LogP contribution is -2.53. The Balaban J connectivity index is 2.53. The van der Waals surface area contributed by atoms with Crippen molar-refractivity contribution in [2.45, 2.75) is 71.9 Å². The van der Waals surface area contributed by atoms with Gasteiger partial charge in [-0.3, -0.25) is 4.90 Å². The van der Waals surface area contributed by atoms with Gasteiger partial charge in [0.05, 0.1) is 0 Å². The predicted octanol–water partition coefficient (Wildman–Crippen LogP) is 3.01. The Morgan fingerprint density at radius 2 is 1.75 bits per heavy atom. The Morgan fingerprint density at radius 3 is 2.12 bits per heavy atom. The largest absolute Gasteiger partial charge is 0.325 e. The van der Waals surface area contributed by atoms with Crippen molar-refractivity contribution in [1.29, 1.82) is 0 Å². The van der Waals surface area contributed by atoms with E-state index in [2.05, 4.69) is 39.5 Å². The van der Waals surface area contributed by atoms with E-state index < -0.39 is 0 Å². The highest BCUT2D eigenvalue weighted by molar-refractivity contribution is 4.95. The summed E-state index contributed by atoms with van der Waals surface area (Å²) >= 11 is 0. The van der Waals surface area contributed by atoms with E-state index in [1.54, 1.807) is 0 Å². The zero-order valence-electron chi connectivity index (χ0n) is 11.8. The Kier molecular flexibility index (Phi) is 4.42. The highest BCUT2D eigenvalue weighted by Crippen LogP contribution is 2.34. The van der Waals surface area contributed by atoms with E-state index in [-0.39, 0.29) is 11.0 Å². The highest BCUT2D eigenvalue weighted by Gasteiger charge is 2.38. The van der Waals surface area contributed by atoms with Crippen LogP contribution in [-0.4, -0.2) is 29.6 Å². The minimum absolute atomic E-state index is 0.105. The summed E-state index contributed by atoms with van der Waals surface area (Å²) < 4.78 is 0. The summed E-state index contributed by atoms with van der Waals surface area (Å²) in [6.45, 7) is 13.6. The third-order valence-corrected chi connectivity index (χ3v) is 4.20. The molecule has 0 heterocycles. The van der Waals surface area contributed by atoms with Gasteiger partial charge in [-0.15, -0.1) is 0 Å². The Bertz CT molecular complexity index is 211. The van der Waals surface area contributed by atoms with Gasteiger partial charge in [0.1, 0.15) is 0 Å². The van der Waals surface area contributed by atoms with Crippen LogP contribution < -0.4 is 5.73 Å². The van der Waals surface area contributed by atoms with E-state index in [0.29, 0.717) is 0 Å². The number of nitrogens with zero attached hydrogens (tertiary/aromatic N) is 1. The maximum absolute atomic E-state index is 6.28. The second kappa shape index (κ2) is 5.05. The van der Waals surface area contributed by atoms with Crippen LogP contribution in [0.4, 0.5) is 0 Å². The van der Waals surface area contributed by atoms with Crippen molar-refractivity contribution in [2.75, 3.05) is 13.1 Å². The van der Waals surface area contributed by atoms with Gasteiger partial charge in [-0.25, -0.2) is 0 Å². The lowest BCUT2D eigenvalue weighted by molar-refractivity contribution is 0.107. The van der Waals surface area contributed by atoms with Crippen molar-refractivity contribution < 1.29 is 0 Å². The molecule has 0 atom stereocenters. The fourth-order valence-corrected chi connectivity index (χ4v) is 1.90. The number of unbranched alkanes of at least 4 members (excludes halogenated alkanes) is 1. The zero-order chi connectivity index (χ0) is 12.4. The fourth-order valence-electron chi connectivity index (χ4n) is 1.90. The minimum Gasteiger partial charge on any atom is -0.325 e. The molecule has 96 valence electrons. The van der Waals surface area contributed by atoms with Crippen LogP contribution >= 0.6 is 0 Å². The van der Waals surface area contributed by atoms with E-state index >= 15 is 0 Å². The molecule has 0 aromatic carbocycles. The Hall–Kier alpha value is -0.0800. The molecular formula is C14H30N2. The lowest BCUT2D eigenvalue weighted by Gasteiger charge is -2.42. The standard InChI is InChI=1S/C14H30N2/c1-6-7-10-16(12-8-9-12)11-13(2,3)14(4,5)15/h12H,6-11,15H2,1-5H3. The first-order valence-corrected chi connectivity index (χ1v) is 6.81. The van der Waals surface area contributed by atoms with E-state index in [1.807, 2.05) is 0 Å². The van der Waals surface area contributed by atoms with Crippen LogP contribution in [0, 0.1) is 5.41 Å². The average Bonchev–Trinajstić information content (AvgIpc) is 2.93. The monoisotopic (exact) mass is 226 g/mol. The molecule has 2 heteroatoms. The van der Waals surface area contributed by atoms with Crippen molar-refractivity contribution in [3.63, 3.8) is 0 Å². The molecule has 2 nitrogen and oxygen atoms in total. The summed E-state index contributed by atoms with van der Waals surface area (Å²) in [5.74, 6) is 0. The third kappa shape index (κ3) is 3.74. The SMILES string of the molecule is CCCCN(CC(C)(C)C(C)(C)N)C1CC1. The fraction of sp³-hybridized carbons (Fsp3) is 1.00. The first-order chi connectivity index (χ1) is 7.28. The van der Waals surface area contributed by atoms with E-state index in [0.717, 1.165) is 12.6 Å². The summed E-state index contributed by atoms with van der Waals surface area (Å²) in [6.07, 6.45) is 5.39. The topological polar surface area (TPSA) is 29.3 Å². The van der Waals surface area contributed by atoms with Crippen LogP contribution in [0.3, 0.4) is 0 Å². The third-order valence-electron chi connectivity index (χ3n) is 4.20. The number of nitrogens with two attached hydrogens (primary N) is 1. The minimum atomic E-state index is -0.105. The zero-order valence-corrected chi connectivity index (χ0v) is 11.8. The van der Waals surface area contributed by atoms with E-state index in [9.17, 15) is 0 Å². The first kappa shape index (κ1) is 14.0. The predicted molar refractivity (Wildman–Crippen MR) is 71.6 cm³/mol. The molecule has 0 bridgehead atoms. The second-order valence-electron chi connectivity index (χ2n) is 6.66. The summed E-state index contributed by atoms with van der Waals surface area (Å²) in [6, 6.07) is 0.855. The number of rotatable bonds is 7. The molecule has 1 rings (SSSR count). The normalized spacial score (nSPS) is 18.2. The van der Waals surface area contributed by atoms with Crippen molar-refractivity contribution in [3.05, 3.63) is 0 Å². The number of hydrogen-bond acceptors (Lipinski definition) is 2. The van der Waals surface area contributed by atoms with Crippen LogP contribution in [0.25, 0.3) is 0 Å². The van der Waals surface area contributed by atoms with Gasteiger partial charge in [-0.05, 0) is 45.1 Å².